The van der Waals surface area contributed by atoms with Gasteiger partial charge in [-0.15, -0.1) is 0 Å². The highest BCUT2D eigenvalue weighted by molar-refractivity contribution is 7.81. The van der Waals surface area contributed by atoms with Gasteiger partial charge in [-0.2, -0.15) is 8.42 Å². The van der Waals surface area contributed by atoms with Gasteiger partial charge < -0.3 is 24.4 Å². The molecule has 0 aromatic rings. The topological polar surface area (TPSA) is 121 Å². The van der Waals surface area contributed by atoms with Gasteiger partial charge in [0.2, 0.25) is 0 Å². The van der Waals surface area contributed by atoms with Crippen molar-refractivity contribution in [2.24, 2.45) is 0 Å². The molecule has 29 heavy (non-hydrogen) atoms. The first-order chi connectivity index (χ1) is 13.9. The summed E-state index contributed by atoms with van der Waals surface area (Å²) in [5.41, 5.74) is 0. The molecule has 174 valence electrons. The van der Waals surface area contributed by atoms with Crippen LogP contribution in [0.3, 0.4) is 0 Å². The van der Waals surface area contributed by atoms with E-state index in [9.17, 15) is 18.6 Å². The molecule has 1 heterocycles. The Kier molecular flexibility index (Phi) is 13.5. The molecule has 10 heteroatoms. The van der Waals surface area contributed by atoms with Crippen molar-refractivity contribution in [1.82, 2.24) is 0 Å². The normalized spacial score (nSPS) is 24.9. The zero-order valence-electron chi connectivity index (χ0n) is 17.8. The molecular weight excluding hydrogens is 404 g/mol. The monoisotopic (exact) mass is 442 g/mol. The highest BCUT2D eigenvalue weighted by Gasteiger charge is 2.45. The number of hydrogen-bond acceptors (Lipinski definition) is 9. The molecule has 1 saturated heterocycles. The van der Waals surface area contributed by atoms with Crippen molar-refractivity contribution in [1.29, 1.82) is 0 Å². The third-order valence-corrected chi connectivity index (χ3v) is 5.48. The average Bonchev–Trinajstić information content (AvgIpc) is 2.69. The van der Waals surface area contributed by atoms with E-state index in [1.54, 1.807) is 0 Å². The molecule has 0 amide bonds. The van der Waals surface area contributed by atoms with E-state index in [0.717, 1.165) is 32.1 Å². The summed E-state index contributed by atoms with van der Waals surface area (Å²) in [6, 6.07) is 0. The van der Waals surface area contributed by atoms with Crippen LogP contribution in [0.15, 0.2) is 0 Å². The van der Waals surface area contributed by atoms with Gasteiger partial charge in [0.25, 0.3) is 0 Å². The van der Waals surface area contributed by atoms with Crippen molar-refractivity contribution >= 4 is 10.4 Å². The van der Waals surface area contributed by atoms with Crippen molar-refractivity contribution in [3.63, 3.8) is 0 Å². The van der Waals surface area contributed by atoms with Gasteiger partial charge in [0, 0.05) is 19.8 Å². The van der Waals surface area contributed by atoms with E-state index in [0.29, 0.717) is 19.6 Å². The van der Waals surface area contributed by atoms with Gasteiger partial charge in [0.1, 0.15) is 30.5 Å². The van der Waals surface area contributed by atoms with Gasteiger partial charge in [-0.05, 0) is 19.3 Å². The molecule has 1 aliphatic heterocycles. The van der Waals surface area contributed by atoms with Gasteiger partial charge in [0.05, 0.1) is 13.2 Å². The number of ether oxygens (including phenoxy) is 3. The number of hydrogen-bond donors (Lipinski definition) is 2. The lowest BCUT2D eigenvalue weighted by atomic mass is 9.99. The minimum Gasteiger partial charge on any atom is -0.388 e. The number of aliphatic hydroxyl groups is 2. The Bertz CT molecular complexity index is 514. The maximum absolute atomic E-state index is 11.7. The molecule has 0 bridgehead atoms. The first kappa shape index (κ1) is 26.7. The Hall–Kier alpha value is -0.330. The zero-order chi connectivity index (χ0) is 21.7. The number of rotatable bonds is 16. The van der Waals surface area contributed by atoms with Crippen LogP contribution in [-0.4, -0.2) is 82.2 Å². The van der Waals surface area contributed by atoms with Crippen LogP contribution < -0.4 is 0 Å². The minimum absolute atomic E-state index is 0.130. The Morgan fingerprint density at radius 2 is 1.59 bits per heavy atom. The highest BCUT2D eigenvalue weighted by atomic mass is 32.3. The molecule has 1 rings (SSSR count). The van der Waals surface area contributed by atoms with E-state index < -0.39 is 47.5 Å². The molecule has 9 nitrogen and oxygen atoms in total. The number of unbranched alkanes of at least 4 members (excludes halogenated alkanes) is 3. The lowest BCUT2D eigenvalue weighted by molar-refractivity contribution is -0.181. The minimum atomic E-state index is -4.27. The summed E-state index contributed by atoms with van der Waals surface area (Å²) in [6.07, 6.45) is -0.508. The van der Waals surface area contributed by atoms with Crippen LogP contribution in [-0.2, 0) is 33.0 Å². The first-order valence-electron chi connectivity index (χ1n) is 10.6. The van der Waals surface area contributed by atoms with Crippen molar-refractivity contribution in [3.05, 3.63) is 0 Å². The van der Waals surface area contributed by atoms with E-state index in [-0.39, 0.29) is 13.2 Å². The van der Waals surface area contributed by atoms with Crippen molar-refractivity contribution in [2.75, 3.05) is 33.0 Å². The predicted molar refractivity (Wildman–Crippen MR) is 107 cm³/mol. The van der Waals surface area contributed by atoms with Crippen LogP contribution in [0.1, 0.15) is 59.3 Å². The third kappa shape index (κ3) is 10.0. The van der Waals surface area contributed by atoms with Crippen molar-refractivity contribution < 1.29 is 41.2 Å². The Morgan fingerprint density at radius 1 is 1.00 bits per heavy atom. The summed E-state index contributed by atoms with van der Waals surface area (Å²) in [7, 11) is -4.27. The van der Waals surface area contributed by atoms with E-state index in [2.05, 4.69) is 11.1 Å². The van der Waals surface area contributed by atoms with Gasteiger partial charge >= 0.3 is 10.4 Å². The van der Waals surface area contributed by atoms with Gasteiger partial charge in [-0.3, -0.25) is 0 Å². The summed E-state index contributed by atoms with van der Waals surface area (Å²) in [6.45, 7) is 6.97. The van der Waals surface area contributed by atoms with Crippen molar-refractivity contribution in [3.8, 4) is 0 Å². The quantitative estimate of drug-likeness (QED) is 0.343. The molecule has 0 aromatic carbocycles. The number of aliphatic hydroxyl groups excluding tert-OH is 2. The molecule has 0 radical (unpaired) electrons. The van der Waals surface area contributed by atoms with E-state index in [1.807, 2.05) is 13.8 Å². The van der Waals surface area contributed by atoms with Gasteiger partial charge in [-0.1, -0.05) is 40.0 Å². The predicted octanol–water partition coefficient (Wildman–Crippen LogP) is 1.56. The van der Waals surface area contributed by atoms with Crippen LogP contribution in [0.2, 0.25) is 0 Å². The smallest absolute Gasteiger partial charge is 0.388 e. The zero-order valence-corrected chi connectivity index (χ0v) is 18.6. The highest BCUT2D eigenvalue weighted by Crippen LogP contribution is 2.24. The van der Waals surface area contributed by atoms with Crippen molar-refractivity contribution in [2.45, 2.75) is 89.8 Å². The van der Waals surface area contributed by atoms with Crippen LogP contribution in [0, 0.1) is 0 Å². The fourth-order valence-corrected chi connectivity index (χ4v) is 3.65. The second kappa shape index (κ2) is 14.6. The molecule has 0 spiro atoms. The lowest BCUT2D eigenvalue weighted by Crippen LogP contribution is -2.56. The Balaban J connectivity index is 2.92. The molecule has 0 aliphatic carbocycles. The fourth-order valence-electron chi connectivity index (χ4n) is 2.78. The average molecular weight is 443 g/mol. The lowest BCUT2D eigenvalue weighted by Gasteiger charge is -2.37. The second-order valence-corrected chi connectivity index (χ2v) is 8.44. The molecule has 5 atom stereocenters. The standard InChI is InChI=1S/C19H38O9S/c1-4-7-10-24-14-16(25-11-8-5-2)17(21)19(26-12-9-6-3)18-15(20)13-27-29(22,23)28-18/h15-21H,4-14H2,1-3H3/t15-,16+,17-,18-,19-/m1/s1. The van der Waals surface area contributed by atoms with Crippen LogP contribution in [0.25, 0.3) is 0 Å². The summed E-state index contributed by atoms with van der Waals surface area (Å²) < 4.78 is 50.1. The largest absolute Gasteiger partial charge is 0.400 e. The Morgan fingerprint density at radius 3 is 2.21 bits per heavy atom. The van der Waals surface area contributed by atoms with E-state index >= 15 is 0 Å². The van der Waals surface area contributed by atoms with E-state index in [4.69, 9.17) is 18.4 Å². The first-order valence-corrected chi connectivity index (χ1v) is 11.9. The second-order valence-electron chi connectivity index (χ2n) is 7.19. The SMILES string of the molecule is CCCCOC[C@H](OCCCC)[C@@H](O)[C@@H](OCCCC)[C@@H]1OS(=O)(=O)OC[C@H]1O. The summed E-state index contributed by atoms with van der Waals surface area (Å²) in [4.78, 5) is 0. The van der Waals surface area contributed by atoms with Crippen LogP contribution >= 0.6 is 0 Å². The van der Waals surface area contributed by atoms with Crippen LogP contribution in [0.5, 0.6) is 0 Å². The third-order valence-electron chi connectivity index (χ3n) is 4.60. The molecule has 2 N–H and O–H groups in total. The summed E-state index contributed by atoms with van der Waals surface area (Å²) in [5, 5.41) is 21.2. The molecule has 1 aliphatic rings. The summed E-state index contributed by atoms with van der Waals surface area (Å²) >= 11 is 0. The maximum atomic E-state index is 11.7. The molecule has 1 fully saturated rings. The van der Waals surface area contributed by atoms with Gasteiger partial charge in [0.15, 0.2) is 0 Å². The van der Waals surface area contributed by atoms with E-state index in [1.165, 1.54) is 0 Å². The van der Waals surface area contributed by atoms with Crippen LogP contribution in [0.4, 0.5) is 0 Å². The maximum Gasteiger partial charge on any atom is 0.400 e. The fraction of sp³-hybridized carbons (Fsp3) is 1.00. The molecule has 0 saturated carbocycles. The molecular formula is C19H38O9S. The van der Waals surface area contributed by atoms with Gasteiger partial charge in [-0.25, -0.2) is 8.37 Å². The summed E-state index contributed by atoms with van der Waals surface area (Å²) in [5.74, 6) is 0. The Labute approximate surface area is 175 Å². The molecule has 0 unspecified atom stereocenters. The molecule has 0 aromatic heterocycles.